The van der Waals surface area contributed by atoms with Crippen LogP contribution >= 0.6 is 0 Å². The van der Waals surface area contributed by atoms with Crippen LogP contribution in [0, 0.1) is 5.92 Å². The van der Waals surface area contributed by atoms with E-state index in [4.69, 9.17) is 14.2 Å². The normalized spacial score (nSPS) is 18.9. The highest BCUT2D eigenvalue weighted by atomic mass is 16.6. The maximum atomic E-state index is 5.71. The summed E-state index contributed by atoms with van der Waals surface area (Å²) >= 11 is 0. The molecule has 0 amide bonds. The van der Waals surface area contributed by atoms with Crippen molar-refractivity contribution in [3.63, 3.8) is 0 Å². The van der Waals surface area contributed by atoms with Crippen LogP contribution in [0.15, 0.2) is 24.3 Å². The minimum Gasteiger partial charge on any atom is -0.494 e. The molecule has 1 aromatic carbocycles. The molecule has 118 valence electrons. The topological polar surface area (TPSA) is 39.7 Å². The highest BCUT2D eigenvalue weighted by molar-refractivity contribution is 5.27. The molecular formula is C17H27NO3. The van der Waals surface area contributed by atoms with E-state index in [1.54, 1.807) is 0 Å². The maximum absolute atomic E-state index is 5.71. The summed E-state index contributed by atoms with van der Waals surface area (Å²) in [6.07, 6.45) is 1.27. The maximum Gasteiger partial charge on any atom is 0.119 e. The van der Waals surface area contributed by atoms with E-state index in [1.807, 2.05) is 12.1 Å². The molecule has 0 radical (unpaired) electrons. The second-order valence-electron chi connectivity index (χ2n) is 5.87. The molecule has 1 saturated heterocycles. The van der Waals surface area contributed by atoms with Gasteiger partial charge in [-0.1, -0.05) is 26.0 Å². The number of hydrogen-bond acceptors (Lipinski definition) is 4. The van der Waals surface area contributed by atoms with Gasteiger partial charge in [0.15, 0.2) is 0 Å². The van der Waals surface area contributed by atoms with Gasteiger partial charge in [0.25, 0.3) is 0 Å². The number of nitrogens with one attached hydrogen (secondary N) is 1. The molecule has 1 fully saturated rings. The molecule has 0 aliphatic carbocycles. The molecule has 4 heteroatoms. The Labute approximate surface area is 127 Å². The Morgan fingerprint density at radius 1 is 1.24 bits per heavy atom. The van der Waals surface area contributed by atoms with Crippen LogP contribution in [0.25, 0.3) is 0 Å². The molecule has 0 spiro atoms. The zero-order valence-electron chi connectivity index (χ0n) is 13.1. The molecule has 1 aliphatic heterocycles. The average Bonchev–Trinajstić information content (AvgIpc) is 2.50. The lowest BCUT2D eigenvalue weighted by Gasteiger charge is -2.23. The van der Waals surface area contributed by atoms with E-state index >= 15 is 0 Å². The Hall–Kier alpha value is -1.10. The standard InChI is InChI=1S/C17H27NO3/c1-14(2)7-8-20-16-5-3-15(4-6-16)11-18-12-17-13-19-9-10-21-17/h3-6,14,17-18H,7-13H2,1-2H3. The molecule has 1 heterocycles. The van der Waals surface area contributed by atoms with Crippen LogP contribution in [0.2, 0.25) is 0 Å². The van der Waals surface area contributed by atoms with Crippen molar-refractivity contribution in [2.24, 2.45) is 5.92 Å². The van der Waals surface area contributed by atoms with Crippen molar-refractivity contribution < 1.29 is 14.2 Å². The van der Waals surface area contributed by atoms with Gasteiger partial charge in [-0.15, -0.1) is 0 Å². The minimum atomic E-state index is 0.178. The molecule has 1 atom stereocenters. The fourth-order valence-electron chi connectivity index (χ4n) is 2.15. The summed E-state index contributed by atoms with van der Waals surface area (Å²) in [5.74, 6) is 1.63. The lowest BCUT2D eigenvalue weighted by Crippen LogP contribution is -2.37. The summed E-state index contributed by atoms with van der Waals surface area (Å²) in [4.78, 5) is 0. The molecule has 4 nitrogen and oxygen atoms in total. The zero-order valence-corrected chi connectivity index (χ0v) is 13.1. The molecule has 1 N–H and O–H groups in total. The highest BCUT2D eigenvalue weighted by Crippen LogP contribution is 2.13. The van der Waals surface area contributed by atoms with Crippen molar-refractivity contribution >= 4 is 0 Å². The van der Waals surface area contributed by atoms with Crippen molar-refractivity contribution in [2.75, 3.05) is 33.0 Å². The summed E-state index contributed by atoms with van der Waals surface area (Å²) in [6.45, 7) is 8.98. The highest BCUT2D eigenvalue weighted by Gasteiger charge is 2.13. The predicted octanol–water partition coefficient (Wildman–Crippen LogP) is 2.62. The quantitative estimate of drug-likeness (QED) is 0.800. The number of benzene rings is 1. The Balaban J connectivity index is 1.64. The lowest BCUT2D eigenvalue weighted by atomic mass is 10.1. The first-order valence-corrected chi connectivity index (χ1v) is 7.86. The predicted molar refractivity (Wildman–Crippen MR) is 83.7 cm³/mol. The van der Waals surface area contributed by atoms with Crippen LogP contribution in [0.5, 0.6) is 5.75 Å². The van der Waals surface area contributed by atoms with Gasteiger partial charge in [-0.05, 0) is 30.0 Å². The summed E-state index contributed by atoms with van der Waals surface area (Å²) < 4.78 is 16.7. The van der Waals surface area contributed by atoms with Crippen molar-refractivity contribution in [3.8, 4) is 5.75 Å². The molecule has 1 unspecified atom stereocenters. The smallest absolute Gasteiger partial charge is 0.119 e. The number of hydrogen-bond donors (Lipinski definition) is 1. The van der Waals surface area contributed by atoms with Crippen LogP contribution < -0.4 is 10.1 Å². The molecular weight excluding hydrogens is 266 g/mol. The minimum absolute atomic E-state index is 0.178. The Morgan fingerprint density at radius 3 is 2.71 bits per heavy atom. The van der Waals surface area contributed by atoms with Gasteiger partial charge in [0.05, 0.1) is 32.5 Å². The Bertz CT molecular complexity index is 386. The largest absolute Gasteiger partial charge is 0.494 e. The van der Waals surface area contributed by atoms with Crippen LogP contribution in [-0.4, -0.2) is 39.1 Å². The van der Waals surface area contributed by atoms with Gasteiger partial charge in [-0.3, -0.25) is 0 Å². The van der Waals surface area contributed by atoms with Gasteiger partial charge in [-0.2, -0.15) is 0 Å². The number of rotatable bonds is 8. The van der Waals surface area contributed by atoms with E-state index in [2.05, 4.69) is 31.3 Å². The summed E-state index contributed by atoms with van der Waals surface area (Å²) in [6, 6.07) is 8.29. The van der Waals surface area contributed by atoms with Crippen LogP contribution in [0.3, 0.4) is 0 Å². The van der Waals surface area contributed by atoms with Gasteiger partial charge >= 0.3 is 0 Å². The van der Waals surface area contributed by atoms with E-state index in [-0.39, 0.29) is 6.10 Å². The fourth-order valence-corrected chi connectivity index (χ4v) is 2.15. The first kappa shape index (κ1) is 16.3. The van der Waals surface area contributed by atoms with Crippen molar-refractivity contribution in [3.05, 3.63) is 29.8 Å². The third-order valence-corrected chi connectivity index (χ3v) is 3.47. The van der Waals surface area contributed by atoms with Crippen molar-refractivity contribution in [2.45, 2.75) is 32.9 Å². The fraction of sp³-hybridized carbons (Fsp3) is 0.647. The monoisotopic (exact) mass is 293 g/mol. The van der Waals surface area contributed by atoms with Crippen molar-refractivity contribution in [1.82, 2.24) is 5.32 Å². The first-order valence-electron chi connectivity index (χ1n) is 7.86. The van der Waals surface area contributed by atoms with Gasteiger partial charge in [0, 0.05) is 13.1 Å². The molecule has 0 saturated carbocycles. The van der Waals surface area contributed by atoms with Gasteiger partial charge in [-0.25, -0.2) is 0 Å². The SMILES string of the molecule is CC(C)CCOc1ccc(CNCC2COCCO2)cc1. The second-order valence-corrected chi connectivity index (χ2v) is 5.87. The van der Waals surface area contributed by atoms with Crippen molar-refractivity contribution in [1.29, 1.82) is 0 Å². The van der Waals surface area contributed by atoms with Gasteiger partial charge < -0.3 is 19.5 Å². The molecule has 0 bridgehead atoms. The van der Waals surface area contributed by atoms with Gasteiger partial charge in [0.1, 0.15) is 5.75 Å². The molecule has 1 aliphatic rings. The third-order valence-electron chi connectivity index (χ3n) is 3.47. The summed E-state index contributed by atoms with van der Waals surface area (Å²) in [5, 5.41) is 3.40. The Kier molecular flexibility index (Phi) is 7.00. The Morgan fingerprint density at radius 2 is 2.05 bits per heavy atom. The lowest BCUT2D eigenvalue weighted by molar-refractivity contribution is -0.0864. The van der Waals surface area contributed by atoms with E-state index in [9.17, 15) is 0 Å². The van der Waals surface area contributed by atoms with E-state index in [0.29, 0.717) is 19.1 Å². The van der Waals surface area contributed by atoms with Crippen LogP contribution in [0.1, 0.15) is 25.8 Å². The summed E-state index contributed by atoms with van der Waals surface area (Å²) in [5.41, 5.74) is 1.25. The molecule has 0 aromatic heterocycles. The second kappa shape index (κ2) is 9.03. The summed E-state index contributed by atoms with van der Waals surface area (Å²) in [7, 11) is 0. The third kappa shape index (κ3) is 6.46. The first-order chi connectivity index (χ1) is 10.2. The van der Waals surface area contributed by atoms with Crippen LogP contribution in [0.4, 0.5) is 0 Å². The zero-order chi connectivity index (χ0) is 14.9. The molecule has 21 heavy (non-hydrogen) atoms. The molecule has 2 rings (SSSR count). The average molecular weight is 293 g/mol. The van der Waals surface area contributed by atoms with E-state index in [1.165, 1.54) is 5.56 Å². The van der Waals surface area contributed by atoms with E-state index < -0.39 is 0 Å². The van der Waals surface area contributed by atoms with E-state index in [0.717, 1.165) is 38.5 Å². The number of ether oxygens (including phenoxy) is 3. The van der Waals surface area contributed by atoms with Gasteiger partial charge in [0.2, 0.25) is 0 Å². The molecule has 1 aromatic rings. The van der Waals surface area contributed by atoms with Crippen LogP contribution in [-0.2, 0) is 16.0 Å².